The monoisotopic (exact) mass is 423 g/mol. The molecule has 28 heavy (non-hydrogen) atoms. The van der Waals surface area contributed by atoms with E-state index in [1.54, 1.807) is 37.3 Å². The first kappa shape index (κ1) is 20.3. The summed E-state index contributed by atoms with van der Waals surface area (Å²) in [6.45, 7) is 1.99. The van der Waals surface area contributed by atoms with Gasteiger partial charge in [-0.15, -0.1) is 11.3 Å². The molecule has 2 aromatic heterocycles. The molecule has 0 fully saturated rings. The number of thioether (sulfide) groups is 1. The fourth-order valence-electron chi connectivity index (χ4n) is 2.32. The van der Waals surface area contributed by atoms with Gasteiger partial charge in [-0.2, -0.15) is 13.2 Å². The van der Waals surface area contributed by atoms with Crippen molar-refractivity contribution in [2.75, 3.05) is 0 Å². The molecule has 4 nitrogen and oxygen atoms in total. The summed E-state index contributed by atoms with van der Waals surface area (Å²) < 4.78 is 39.8. The number of nitrogens with zero attached hydrogens (tertiary/aromatic N) is 2. The minimum Gasteiger partial charge on any atom is -0.350 e. The molecular formula is C19H16F3N3OS2. The maximum atomic E-state index is 13.3. The number of nitrogens with one attached hydrogen (secondary N) is 1. The summed E-state index contributed by atoms with van der Waals surface area (Å²) in [5.74, 6) is -0.291. The lowest BCUT2D eigenvalue weighted by Gasteiger charge is -2.13. The number of carbonyl (C=O) groups excluding carboxylic acids is 1. The number of halogens is 3. The van der Waals surface area contributed by atoms with Gasteiger partial charge in [0.25, 0.3) is 0 Å². The Labute approximate surface area is 168 Å². The van der Waals surface area contributed by atoms with E-state index in [-0.39, 0.29) is 16.8 Å². The Morgan fingerprint density at radius 3 is 2.57 bits per heavy atom. The molecule has 9 heteroatoms. The average Bonchev–Trinajstić information content (AvgIpc) is 3.19. The third-order valence-electron chi connectivity index (χ3n) is 3.73. The predicted molar refractivity (Wildman–Crippen MR) is 104 cm³/mol. The number of alkyl halides is 3. The van der Waals surface area contributed by atoms with E-state index in [2.05, 4.69) is 15.3 Å². The number of hydrogen-bond donors (Lipinski definition) is 1. The van der Waals surface area contributed by atoms with Crippen LogP contribution in [0.5, 0.6) is 0 Å². The average molecular weight is 423 g/mol. The molecule has 3 aromatic rings. The lowest BCUT2D eigenvalue weighted by molar-refractivity contribution is -0.141. The molecule has 3 rings (SSSR count). The molecule has 0 aliphatic carbocycles. The van der Waals surface area contributed by atoms with Crippen LogP contribution in [0.1, 0.15) is 17.5 Å². The largest absolute Gasteiger partial charge is 0.433 e. The van der Waals surface area contributed by atoms with Gasteiger partial charge in [0.15, 0.2) is 5.16 Å². The highest BCUT2D eigenvalue weighted by molar-refractivity contribution is 8.00. The highest BCUT2D eigenvalue weighted by atomic mass is 32.2. The first-order valence-electron chi connectivity index (χ1n) is 8.31. The zero-order valence-electron chi connectivity index (χ0n) is 14.7. The van der Waals surface area contributed by atoms with Crippen LogP contribution in [0.2, 0.25) is 0 Å². The van der Waals surface area contributed by atoms with Gasteiger partial charge in [0.05, 0.1) is 17.5 Å². The lowest BCUT2D eigenvalue weighted by Crippen LogP contribution is -2.30. The smallest absolute Gasteiger partial charge is 0.350 e. The molecule has 1 atom stereocenters. The van der Waals surface area contributed by atoms with Crippen LogP contribution in [0, 0.1) is 0 Å². The zero-order valence-corrected chi connectivity index (χ0v) is 16.4. The highest BCUT2D eigenvalue weighted by Crippen LogP contribution is 2.32. The van der Waals surface area contributed by atoms with Crippen molar-refractivity contribution >= 4 is 29.0 Å². The highest BCUT2D eigenvalue weighted by Gasteiger charge is 2.34. The molecule has 2 heterocycles. The standard InChI is InChI=1S/C19H16F3N3OS2/c1-12(17(26)23-11-14-8-5-9-27-14)28-18-24-15(13-6-3-2-4-7-13)10-16(25-18)19(20,21)22/h2-10,12H,11H2,1H3,(H,23,26). The van der Waals surface area contributed by atoms with Crippen LogP contribution in [0.4, 0.5) is 13.2 Å². The van der Waals surface area contributed by atoms with Crippen molar-refractivity contribution < 1.29 is 18.0 Å². The van der Waals surface area contributed by atoms with Gasteiger partial charge in [-0.05, 0) is 24.4 Å². The summed E-state index contributed by atoms with van der Waals surface area (Å²) in [5.41, 5.74) is -0.321. The maximum Gasteiger partial charge on any atom is 0.433 e. The third kappa shape index (κ3) is 5.32. The summed E-state index contributed by atoms with van der Waals surface area (Å²) in [7, 11) is 0. The molecule has 0 bridgehead atoms. The molecule has 0 saturated heterocycles. The molecule has 0 aliphatic rings. The molecule has 146 valence electrons. The van der Waals surface area contributed by atoms with E-state index in [1.807, 2.05) is 17.5 Å². The number of thiophene rings is 1. The number of hydrogen-bond acceptors (Lipinski definition) is 5. The van der Waals surface area contributed by atoms with Gasteiger partial charge in [0.2, 0.25) is 5.91 Å². The van der Waals surface area contributed by atoms with Crippen molar-refractivity contribution in [2.24, 2.45) is 0 Å². The van der Waals surface area contributed by atoms with Crippen LogP contribution >= 0.6 is 23.1 Å². The van der Waals surface area contributed by atoms with E-state index in [0.29, 0.717) is 12.1 Å². The van der Waals surface area contributed by atoms with Crippen LogP contribution < -0.4 is 5.32 Å². The van der Waals surface area contributed by atoms with Crippen molar-refractivity contribution in [1.29, 1.82) is 0 Å². The summed E-state index contributed by atoms with van der Waals surface area (Å²) in [6.07, 6.45) is -4.60. The quantitative estimate of drug-likeness (QED) is 0.447. The predicted octanol–water partition coefficient (Wildman–Crippen LogP) is 5.02. The first-order valence-corrected chi connectivity index (χ1v) is 10.1. The topological polar surface area (TPSA) is 54.9 Å². The summed E-state index contributed by atoms with van der Waals surface area (Å²) in [4.78, 5) is 21.1. The van der Waals surface area contributed by atoms with E-state index >= 15 is 0 Å². The van der Waals surface area contributed by atoms with E-state index in [9.17, 15) is 18.0 Å². The van der Waals surface area contributed by atoms with Gasteiger partial charge >= 0.3 is 6.18 Å². The summed E-state index contributed by atoms with van der Waals surface area (Å²) in [5, 5.41) is 3.94. The molecule has 0 spiro atoms. The molecule has 0 radical (unpaired) electrons. The minimum atomic E-state index is -4.60. The van der Waals surface area contributed by atoms with E-state index < -0.39 is 17.1 Å². The number of amides is 1. The molecule has 1 unspecified atom stereocenters. The van der Waals surface area contributed by atoms with E-state index in [4.69, 9.17) is 0 Å². The van der Waals surface area contributed by atoms with Gasteiger partial charge in [0.1, 0.15) is 5.69 Å². The number of benzene rings is 1. The fourth-order valence-corrected chi connectivity index (χ4v) is 3.78. The Hall–Kier alpha value is -2.39. The Bertz CT molecular complexity index is 931. The van der Waals surface area contributed by atoms with Crippen molar-refractivity contribution in [3.8, 4) is 11.3 Å². The van der Waals surface area contributed by atoms with Crippen molar-refractivity contribution in [2.45, 2.75) is 30.1 Å². The maximum absolute atomic E-state index is 13.3. The minimum absolute atomic E-state index is 0.0903. The van der Waals surface area contributed by atoms with Crippen LogP contribution in [0.3, 0.4) is 0 Å². The van der Waals surface area contributed by atoms with E-state index in [0.717, 1.165) is 22.7 Å². The van der Waals surface area contributed by atoms with Gasteiger partial charge in [0, 0.05) is 10.4 Å². The Morgan fingerprint density at radius 1 is 1.18 bits per heavy atom. The summed E-state index contributed by atoms with van der Waals surface area (Å²) in [6, 6.07) is 13.3. The normalized spacial score (nSPS) is 12.6. The van der Waals surface area contributed by atoms with Crippen LogP contribution in [0.25, 0.3) is 11.3 Å². The van der Waals surface area contributed by atoms with Gasteiger partial charge < -0.3 is 5.32 Å². The van der Waals surface area contributed by atoms with Crippen LogP contribution in [-0.4, -0.2) is 21.1 Å². The molecule has 0 saturated carbocycles. The number of rotatable bonds is 6. The second-order valence-corrected chi connectivity index (χ2v) is 8.18. The van der Waals surface area contributed by atoms with E-state index in [1.165, 1.54) is 11.3 Å². The van der Waals surface area contributed by atoms with Crippen molar-refractivity contribution in [1.82, 2.24) is 15.3 Å². The summed E-state index contributed by atoms with van der Waals surface area (Å²) >= 11 is 2.41. The molecule has 0 aliphatic heterocycles. The van der Waals surface area contributed by atoms with Crippen LogP contribution in [0.15, 0.2) is 59.1 Å². The van der Waals surface area contributed by atoms with Crippen molar-refractivity contribution in [3.63, 3.8) is 0 Å². The second kappa shape index (κ2) is 8.74. The molecule has 1 amide bonds. The van der Waals surface area contributed by atoms with Gasteiger partial charge in [-0.1, -0.05) is 48.2 Å². The zero-order chi connectivity index (χ0) is 20.1. The lowest BCUT2D eigenvalue weighted by atomic mass is 10.1. The Morgan fingerprint density at radius 2 is 1.93 bits per heavy atom. The first-order chi connectivity index (χ1) is 13.3. The van der Waals surface area contributed by atoms with Crippen LogP contribution in [-0.2, 0) is 17.5 Å². The SMILES string of the molecule is CC(Sc1nc(-c2ccccc2)cc(C(F)(F)F)n1)C(=O)NCc1cccs1. The fraction of sp³-hybridized carbons (Fsp3) is 0.211. The van der Waals surface area contributed by atoms with Crippen molar-refractivity contribution in [3.05, 3.63) is 64.5 Å². The molecule has 1 aromatic carbocycles. The number of carbonyl (C=O) groups is 1. The van der Waals surface area contributed by atoms with Gasteiger partial charge in [-0.3, -0.25) is 4.79 Å². The number of aromatic nitrogens is 2. The third-order valence-corrected chi connectivity index (χ3v) is 5.57. The Kier molecular flexibility index (Phi) is 6.35. The molecular weight excluding hydrogens is 407 g/mol. The van der Waals surface area contributed by atoms with Gasteiger partial charge in [-0.25, -0.2) is 9.97 Å². The Balaban J connectivity index is 1.79. The molecule has 1 N–H and O–H groups in total. The second-order valence-electron chi connectivity index (χ2n) is 5.84.